The highest BCUT2D eigenvalue weighted by Crippen LogP contribution is 2.42. The van der Waals surface area contributed by atoms with Gasteiger partial charge in [0.05, 0.1) is 6.42 Å². The number of hydrogen-bond acceptors (Lipinski definition) is 5. The molecule has 180 valence electrons. The topological polar surface area (TPSA) is 72.8 Å². The first kappa shape index (κ1) is 26.4. The van der Waals surface area contributed by atoms with Crippen LogP contribution in [0.2, 0.25) is 0 Å². The van der Waals surface area contributed by atoms with Gasteiger partial charge in [-0.25, -0.2) is 0 Å². The van der Waals surface area contributed by atoms with Crippen molar-refractivity contribution in [1.82, 2.24) is 0 Å². The number of aliphatic hydroxyl groups excluding tert-OH is 1. The van der Waals surface area contributed by atoms with Crippen molar-refractivity contribution >= 4 is 11.9 Å². The lowest BCUT2D eigenvalue weighted by Gasteiger charge is -2.35. The van der Waals surface area contributed by atoms with Gasteiger partial charge in [-0.15, -0.1) is 0 Å². The lowest BCUT2D eigenvalue weighted by atomic mass is 9.71. The Balaban J connectivity index is 1.91. The summed E-state index contributed by atoms with van der Waals surface area (Å²) >= 11 is 0. The third-order valence-electron chi connectivity index (χ3n) is 6.98. The van der Waals surface area contributed by atoms with Gasteiger partial charge in [0.25, 0.3) is 0 Å². The molecule has 1 saturated heterocycles. The van der Waals surface area contributed by atoms with Crippen LogP contribution in [0.25, 0.3) is 0 Å². The van der Waals surface area contributed by atoms with E-state index in [4.69, 9.17) is 9.47 Å². The van der Waals surface area contributed by atoms with Gasteiger partial charge in [-0.1, -0.05) is 42.7 Å². The summed E-state index contributed by atoms with van der Waals surface area (Å²) in [5.74, 6) is -0.714. The summed E-state index contributed by atoms with van der Waals surface area (Å²) in [5.41, 5.74) is 5.95. The second-order valence-corrected chi connectivity index (χ2v) is 10.1. The first-order valence-electron chi connectivity index (χ1n) is 12.1. The molecule has 32 heavy (non-hydrogen) atoms. The molecule has 0 aromatic carbocycles. The maximum Gasteiger partial charge on any atom is 0.306 e. The van der Waals surface area contributed by atoms with Gasteiger partial charge in [-0.05, 0) is 69.8 Å². The summed E-state index contributed by atoms with van der Waals surface area (Å²) in [6, 6.07) is 0. The maximum absolute atomic E-state index is 11.5. The fourth-order valence-corrected chi connectivity index (χ4v) is 4.95. The smallest absolute Gasteiger partial charge is 0.306 e. The number of carbonyl (C=O) groups excluding carboxylic acids is 2. The van der Waals surface area contributed by atoms with Crippen LogP contribution in [-0.2, 0) is 19.1 Å². The van der Waals surface area contributed by atoms with Crippen LogP contribution in [0.3, 0.4) is 0 Å². The van der Waals surface area contributed by atoms with Crippen LogP contribution in [0, 0.1) is 11.3 Å². The molecule has 0 bridgehead atoms. The van der Waals surface area contributed by atoms with E-state index >= 15 is 0 Å². The molecule has 1 aliphatic heterocycles. The predicted molar refractivity (Wildman–Crippen MR) is 127 cm³/mol. The molecule has 5 nitrogen and oxygen atoms in total. The molecule has 0 spiro atoms. The van der Waals surface area contributed by atoms with Crippen molar-refractivity contribution in [1.29, 1.82) is 0 Å². The van der Waals surface area contributed by atoms with E-state index in [-0.39, 0.29) is 43.6 Å². The quantitative estimate of drug-likeness (QED) is 0.320. The Morgan fingerprint density at radius 1 is 1.25 bits per heavy atom. The number of rotatable bonds is 11. The summed E-state index contributed by atoms with van der Waals surface area (Å²) in [4.78, 5) is 22.8. The molecule has 5 heteroatoms. The van der Waals surface area contributed by atoms with Crippen molar-refractivity contribution in [3.63, 3.8) is 0 Å². The largest absolute Gasteiger partial charge is 0.462 e. The Bertz CT molecular complexity index is 756. The van der Waals surface area contributed by atoms with Crippen molar-refractivity contribution < 1.29 is 24.2 Å². The lowest BCUT2D eigenvalue weighted by Crippen LogP contribution is -2.20. The Labute approximate surface area is 193 Å². The van der Waals surface area contributed by atoms with Gasteiger partial charge in [-0.2, -0.15) is 0 Å². The van der Waals surface area contributed by atoms with Gasteiger partial charge < -0.3 is 14.6 Å². The molecule has 2 atom stereocenters. The molecule has 1 heterocycles. The molecule has 2 aliphatic rings. The monoisotopic (exact) mass is 446 g/mol. The van der Waals surface area contributed by atoms with E-state index in [1.54, 1.807) is 11.1 Å². The average molecular weight is 447 g/mol. The second kappa shape index (κ2) is 12.4. The van der Waals surface area contributed by atoms with Gasteiger partial charge in [0.1, 0.15) is 12.7 Å². The molecule has 0 amide bonds. The first-order chi connectivity index (χ1) is 15.1. The number of allylic oxidation sites excluding steroid dienone is 4. The summed E-state index contributed by atoms with van der Waals surface area (Å²) < 4.78 is 10.6. The highest BCUT2D eigenvalue weighted by atomic mass is 16.6. The molecule has 1 fully saturated rings. The zero-order valence-corrected chi connectivity index (χ0v) is 20.7. The van der Waals surface area contributed by atoms with Crippen LogP contribution in [0.4, 0.5) is 0 Å². The van der Waals surface area contributed by atoms with Gasteiger partial charge in [-0.3, -0.25) is 9.59 Å². The Kier molecular flexibility index (Phi) is 10.2. The molecule has 0 radical (unpaired) electrons. The van der Waals surface area contributed by atoms with Gasteiger partial charge >= 0.3 is 11.9 Å². The second-order valence-electron chi connectivity index (χ2n) is 10.1. The number of cyclic esters (lactones) is 1. The normalized spacial score (nSPS) is 24.0. The van der Waals surface area contributed by atoms with Crippen LogP contribution in [0.1, 0.15) is 92.4 Å². The number of aliphatic hydroxyl groups is 1. The van der Waals surface area contributed by atoms with Gasteiger partial charge in [0.2, 0.25) is 0 Å². The van der Waals surface area contributed by atoms with E-state index in [9.17, 15) is 14.7 Å². The standard InChI is InChI=1S/C27H42O5/c1-19(11-13-24-20(2)9-7-15-27(24,4)5)8-6-10-22(18-31-21(3)29)12-14-25-23(17-28)16-26(30)32-25/h8,12,23,25,28H,6-7,9-11,13-18H2,1-5H3. The Morgan fingerprint density at radius 2 is 2.00 bits per heavy atom. The zero-order chi connectivity index (χ0) is 23.7. The Hall–Kier alpha value is -1.88. The molecule has 0 saturated carbocycles. The highest BCUT2D eigenvalue weighted by molar-refractivity contribution is 5.72. The number of carbonyl (C=O) groups is 2. The fourth-order valence-electron chi connectivity index (χ4n) is 4.95. The molecule has 0 aromatic rings. The van der Waals surface area contributed by atoms with Crippen LogP contribution in [0.15, 0.2) is 34.4 Å². The zero-order valence-electron chi connectivity index (χ0n) is 20.7. The van der Waals surface area contributed by atoms with E-state index < -0.39 is 0 Å². The predicted octanol–water partition coefficient (Wildman–Crippen LogP) is 5.82. The minimum atomic E-state index is -0.304. The summed E-state index contributed by atoms with van der Waals surface area (Å²) in [6.07, 6.45) is 12.5. The van der Waals surface area contributed by atoms with Crippen LogP contribution < -0.4 is 0 Å². The lowest BCUT2D eigenvalue weighted by molar-refractivity contribution is -0.141. The minimum Gasteiger partial charge on any atom is -0.462 e. The van der Waals surface area contributed by atoms with Crippen LogP contribution in [-0.4, -0.2) is 36.4 Å². The van der Waals surface area contributed by atoms with Crippen molar-refractivity contribution in [2.24, 2.45) is 11.3 Å². The van der Waals surface area contributed by atoms with E-state index in [0.29, 0.717) is 11.8 Å². The van der Waals surface area contributed by atoms with Crippen molar-refractivity contribution in [2.75, 3.05) is 13.2 Å². The number of esters is 2. The SMILES string of the molecule is CC(=O)OCC(=CCC1OC(=O)CC1CO)CCC=C(C)CCC1=C(C)CCCC1(C)C. The molecule has 2 unspecified atom stereocenters. The third-order valence-corrected chi connectivity index (χ3v) is 6.98. The summed E-state index contributed by atoms with van der Waals surface area (Å²) in [5, 5.41) is 9.46. The molecule has 0 aromatic heterocycles. The summed E-state index contributed by atoms with van der Waals surface area (Å²) in [6.45, 7) is 10.9. The molecule has 1 N–H and O–H groups in total. The summed E-state index contributed by atoms with van der Waals surface area (Å²) in [7, 11) is 0. The van der Waals surface area contributed by atoms with E-state index in [0.717, 1.165) is 31.3 Å². The minimum absolute atomic E-state index is 0.0574. The van der Waals surface area contributed by atoms with Crippen LogP contribution in [0.5, 0.6) is 0 Å². The van der Waals surface area contributed by atoms with E-state index in [1.165, 1.54) is 31.8 Å². The third kappa shape index (κ3) is 8.23. The van der Waals surface area contributed by atoms with Gasteiger partial charge in [0, 0.05) is 25.9 Å². The van der Waals surface area contributed by atoms with Crippen LogP contribution >= 0.6 is 0 Å². The molecule has 1 aliphatic carbocycles. The van der Waals surface area contributed by atoms with E-state index in [1.807, 2.05) is 6.08 Å². The van der Waals surface area contributed by atoms with Gasteiger partial charge in [0.15, 0.2) is 0 Å². The Morgan fingerprint density at radius 3 is 2.66 bits per heavy atom. The van der Waals surface area contributed by atoms with Crippen molar-refractivity contribution in [3.05, 3.63) is 34.4 Å². The fraction of sp³-hybridized carbons (Fsp3) is 0.704. The first-order valence-corrected chi connectivity index (χ1v) is 12.1. The number of ether oxygens (including phenoxy) is 2. The average Bonchev–Trinajstić information content (AvgIpc) is 3.08. The van der Waals surface area contributed by atoms with Crippen molar-refractivity contribution in [2.45, 2.75) is 98.5 Å². The van der Waals surface area contributed by atoms with E-state index in [2.05, 4.69) is 33.8 Å². The van der Waals surface area contributed by atoms with Crippen molar-refractivity contribution in [3.8, 4) is 0 Å². The molecule has 2 rings (SSSR count). The maximum atomic E-state index is 11.5. The molecular formula is C27H42O5. The molecular weight excluding hydrogens is 404 g/mol. The number of hydrogen-bond donors (Lipinski definition) is 1. The highest BCUT2D eigenvalue weighted by Gasteiger charge is 2.33.